The Morgan fingerprint density at radius 1 is 1.18 bits per heavy atom. The van der Waals surface area contributed by atoms with E-state index in [0.29, 0.717) is 5.69 Å². The predicted molar refractivity (Wildman–Crippen MR) is 100 cm³/mol. The largest absolute Gasteiger partial charge is 0.351 e. The fraction of sp³-hybridized carbons (Fsp3) is 0.444. The van der Waals surface area contributed by atoms with Crippen molar-refractivity contribution >= 4 is 17.4 Å². The van der Waals surface area contributed by atoms with Gasteiger partial charge in [-0.15, -0.1) is 15.3 Å². The van der Waals surface area contributed by atoms with Crippen LogP contribution in [0.3, 0.4) is 0 Å². The van der Waals surface area contributed by atoms with Crippen LogP contribution in [0.25, 0.3) is 5.65 Å². The number of aryl methyl sites for hydroxylation is 2. The Labute approximate surface area is 160 Å². The van der Waals surface area contributed by atoms with Gasteiger partial charge >= 0.3 is 0 Å². The van der Waals surface area contributed by atoms with Gasteiger partial charge in [-0.1, -0.05) is 0 Å². The Kier molecular flexibility index (Phi) is 3.68. The molecule has 2 bridgehead atoms. The minimum Gasteiger partial charge on any atom is -0.351 e. The summed E-state index contributed by atoms with van der Waals surface area (Å²) in [7, 11) is 0. The molecule has 3 fully saturated rings. The molecule has 2 atom stereocenters. The van der Waals surface area contributed by atoms with E-state index in [1.54, 1.807) is 11.4 Å². The lowest BCUT2D eigenvalue weighted by molar-refractivity contribution is -0.146. The molecular weight excluding hydrogens is 360 g/mol. The van der Waals surface area contributed by atoms with Crippen LogP contribution >= 0.6 is 0 Å². The van der Waals surface area contributed by atoms with Crippen LogP contribution < -0.4 is 10.5 Å². The van der Waals surface area contributed by atoms with E-state index in [4.69, 9.17) is 0 Å². The number of aromatic nitrogens is 6. The topological polar surface area (TPSA) is 102 Å². The Morgan fingerprint density at radius 3 is 2.71 bits per heavy atom. The number of amides is 1. The van der Waals surface area contributed by atoms with E-state index in [1.807, 2.05) is 24.0 Å². The van der Waals surface area contributed by atoms with E-state index >= 15 is 0 Å². The molecule has 10 heteroatoms. The number of hydrogen-bond donors (Lipinski definition) is 0. The number of anilines is 1. The second-order valence-electron chi connectivity index (χ2n) is 7.45. The van der Waals surface area contributed by atoms with Crippen molar-refractivity contribution in [2.75, 3.05) is 18.0 Å². The minimum atomic E-state index is -0.199. The number of carbonyl (C=O) groups is 1. The number of hydrogen-bond acceptors (Lipinski definition) is 7. The maximum absolute atomic E-state index is 12.8. The van der Waals surface area contributed by atoms with Gasteiger partial charge in [0.05, 0.1) is 18.4 Å². The quantitative estimate of drug-likeness (QED) is 0.619. The first kappa shape index (κ1) is 16.8. The average molecular weight is 380 g/mol. The minimum absolute atomic E-state index is 0.0310. The first-order valence-electron chi connectivity index (χ1n) is 9.28. The highest BCUT2D eigenvalue weighted by Gasteiger charge is 2.47. The van der Waals surface area contributed by atoms with Gasteiger partial charge in [0, 0.05) is 24.8 Å². The van der Waals surface area contributed by atoms with Gasteiger partial charge in [0.25, 0.3) is 5.56 Å². The summed E-state index contributed by atoms with van der Waals surface area (Å²) in [5.41, 5.74) is 1.17. The van der Waals surface area contributed by atoms with Gasteiger partial charge in [-0.2, -0.15) is 4.52 Å². The van der Waals surface area contributed by atoms with E-state index in [-0.39, 0.29) is 30.1 Å². The summed E-state index contributed by atoms with van der Waals surface area (Å²) < 4.78 is 3.10. The molecule has 3 aliphatic heterocycles. The summed E-state index contributed by atoms with van der Waals surface area (Å²) in [4.78, 5) is 33.0. The van der Waals surface area contributed by atoms with E-state index in [0.717, 1.165) is 36.8 Å². The molecule has 6 heterocycles. The van der Waals surface area contributed by atoms with Crippen LogP contribution in [0, 0.1) is 13.8 Å². The zero-order chi connectivity index (χ0) is 19.4. The summed E-state index contributed by atoms with van der Waals surface area (Å²) in [6.45, 7) is 5.11. The molecule has 3 aromatic rings. The zero-order valence-electron chi connectivity index (χ0n) is 15.7. The standard InChI is InChI=1S/C18H20N8O2/c1-11-5-17(27)24(10-19-11)9-18(28)25-13-6-14(25)8-23(7-13)16-4-3-15-21-20-12(2)26(15)22-16/h3-5,10,13-14H,6-9H2,1-2H3. The average Bonchev–Trinajstić information content (AvgIpc) is 3.04. The monoisotopic (exact) mass is 380 g/mol. The van der Waals surface area contributed by atoms with Crippen molar-refractivity contribution in [3.63, 3.8) is 0 Å². The normalized spacial score (nSPS) is 21.1. The summed E-state index contributed by atoms with van der Waals surface area (Å²) >= 11 is 0. The van der Waals surface area contributed by atoms with Crippen LogP contribution in [-0.2, 0) is 11.3 Å². The van der Waals surface area contributed by atoms with Crippen molar-refractivity contribution < 1.29 is 4.79 Å². The Balaban J connectivity index is 1.30. The van der Waals surface area contributed by atoms with E-state index in [2.05, 4.69) is 25.2 Å². The fourth-order valence-corrected chi connectivity index (χ4v) is 4.12. The third kappa shape index (κ3) is 2.63. The Morgan fingerprint density at radius 2 is 1.96 bits per heavy atom. The van der Waals surface area contributed by atoms with Crippen molar-refractivity contribution in [1.82, 2.24) is 34.3 Å². The lowest BCUT2D eigenvalue weighted by Crippen LogP contribution is -2.70. The molecule has 6 rings (SSSR count). The molecule has 3 aliphatic rings. The van der Waals surface area contributed by atoms with Crippen molar-refractivity contribution in [3.05, 3.63) is 46.4 Å². The second kappa shape index (κ2) is 6.11. The van der Waals surface area contributed by atoms with E-state index in [9.17, 15) is 9.59 Å². The van der Waals surface area contributed by atoms with Crippen LogP contribution in [0.2, 0.25) is 0 Å². The van der Waals surface area contributed by atoms with Crippen LogP contribution in [-0.4, -0.2) is 65.3 Å². The molecule has 2 unspecified atom stereocenters. The van der Waals surface area contributed by atoms with Gasteiger partial charge in [-0.25, -0.2) is 4.98 Å². The van der Waals surface area contributed by atoms with Crippen molar-refractivity contribution in [1.29, 1.82) is 0 Å². The molecule has 0 aliphatic carbocycles. The molecule has 0 radical (unpaired) electrons. The summed E-state index contributed by atoms with van der Waals surface area (Å²) in [5.74, 6) is 1.57. The molecule has 3 saturated heterocycles. The van der Waals surface area contributed by atoms with Gasteiger partial charge in [0.2, 0.25) is 5.91 Å². The first-order chi connectivity index (χ1) is 13.5. The number of rotatable bonds is 3. The molecule has 28 heavy (non-hydrogen) atoms. The summed E-state index contributed by atoms with van der Waals surface area (Å²) in [6.07, 6.45) is 2.43. The van der Waals surface area contributed by atoms with Gasteiger partial charge in [-0.3, -0.25) is 14.2 Å². The third-order valence-corrected chi connectivity index (χ3v) is 5.53. The lowest BCUT2D eigenvalue weighted by Gasteiger charge is -2.56. The smallest absolute Gasteiger partial charge is 0.253 e. The molecule has 1 amide bonds. The van der Waals surface area contributed by atoms with Gasteiger partial charge in [0.1, 0.15) is 12.4 Å². The molecule has 0 N–H and O–H groups in total. The van der Waals surface area contributed by atoms with Gasteiger partial charge in [0.15, 0.2) is 11.5 Å². The zero-order valence-corrected chi connectivity index (χ0v) is 15.7. The van der Waals surface area contributed by atoms with E-state index in [1.165, 1.54) is 17.0 Å². The Hall–Kier alpha value is -3.30. The van der Waals surface area contributed by atoms with Gasteiger partial charge in [-0.05, 0) is 32.4 Å². The lowest BCUT2D eigenvalue weighted by atomic mass is 9.87. The maximum atomic E-state index is 12.8. The molecule has 0 spiro atoms. The fourth-order valence-electron chi connectivity index (χ4n) is 4.12. The number of nitrogens with zero attached hydrogens (tertiary/aromatic N) is 8. The van der Waals surface area contributed by atoms with E-state index < -0.39 is 0 Å². The number of piperidine rings is 1. The molecular formula is C18H20N8O2. The highest BCUT2D eigenvalue weighted by atomic mass is 16.2. The second-order valence-corrected chi connectivity index (χ2v) is 7.45. The van der Waals surface area contributed by atoms with Crippen molar-refractivity contribution in [3.8, 4) is 0 Å². The summed E-state index contributed by atoms with van der Waals surface area (Å²) in [6, 6.07) is 5.57. The molecule has 3 aromatic heterocycles. The molecule has 144 valence electrons. The number of carbonyl (C=O) groups excluding carboxylic acids is 1. The van der Waals surface area contributed by atoms with Crippen molar-refractivity contribution in [2.45, 2.75) is 38.9 Å². The third-order valence-electron chi connectivity index (χ3n) is 5.53. The number of piperazine rings is 1. The van der Waals surface area contributed by atoms with Crippen LogP contribution in [0.5, 0.6) is 0 Å². The molecule has 10 nitrogen and oxygen atoms in total. The molecule has 0 aromatic carbocycles. The number of fused-ring (bicyclic) bond motifs is 3. The maximum Gasteiger partial charge on any atom is 0.253 e. The van der Waals surface area contributed by atoms with Gasteiger partial charge < -0.3 is 9.80 Å². The predicted octanol–water partition coefficient (Wildman–Crippen LogP) is -0.212. The summed E-state index contributed by atoms with van der Waals surface area (Å²) in [5, 5.41) is 12.7. The highest BCUT2D eigenvalue weighted by Crippen LogP contribution is 2.34. The van der Waals surface area contributed by atoms with Crippen LogP contribution in [0.15, 0.2) is 29.3 Å². The molecule has 0 saturated carbocycles. The van der Waals surface area contributed by atoms with Crippen LogP contribution in [0.1, 0.15) is 17.9 Å². The highest BCUT2D eigenvalue weighted by molar-refractivity contribution is 5.78. The van der Waals surface area contributed by atoms with Crippen molar-refractivity contribution in [2.24, 2.45) is 0 Å². The first-order valence-corrected chi connectivity index (χ1v) is 9.28. The Bertz CT molecular complexity index is 1120. The van der Waals surface area contributed by atoms with Crippen LogP contribution in [0.4, 0.5) is 5.82 Å². The SMILES string of the molecule is Cc1cc(=O)n(CC(=O)N2C3CC2CN(c2ccc4nnc(C)n4n2)C3)cn1.